The third-order valence-electron chi connectivity index (χ3n) is 3.24. The molecule has 2 aromatic carbocycles. The summed E-state index contributed by atoms with van der Waals surface area (Å²) >= 11 is 1.18. The van der Waals surface area contributed by atoms with Crippen molar-refractivity contribution in [3.8, 4) is 5.75 Å². The zero-order chi connectivity index (χ0) is 17.1. The van der Waals surface area contributed by atoms with E-state index < -0.39 is 11.0 Å². The lowest BCUT2D eigenvalue weighted by molar-refractivity contribution is -0.384. The Morgan fingerprint density at radius 2 is 2.04 bits per heavy atom. The van der Waals surface area contributed by atoms with Crippen LogP contribution in [0.3, 0.4) is 0 Å². The highest BCUT2D eigenvalue weighted by Crippen LogP contribution is 2.29. The number of fused-ring (bicyclic) bond motifs is 1. The first-order valence-corrected chi connectivity index (χ1v) is 7.92. The summed E-state index contributed by atoms with van der Waals surface area (Å²) in [6.07, 6.45) is -0.700. The molecule has 122 valence electrons. The Bertz CT molecular complexity index is 895. The minimum atomic E-state index is -0.700. The van der Waals surface area contributed by atoms with E-state index in [9.17, 15) is 14.9 Å². The molecule has 1 heterocycles. The molecule has 3 aromatic rings. The molecule has 1 atom stereocenters. The Balaban J connectivity index is 1.71. The van der Waals surface area contributed by atoms with Crippen molar-refractivity contribution >= 4 is 38.3 Å². The lowest BCUT2D eigenvalue weighted by Gasteiger charge is -2.13. The number of ether oxygens (including phenoxy) is 1. The summed E-state index contributed by atoms with van der Waals surface area (Å²) in [5.74, 6) is 0.257. The molecule has 0 spiro atoms. The molecule has 3 rings (SSSR count). The van der Waals surface area contributed by atoms with Gasteiger partial charge in [0.15, 0.2) is 11.2 Å². The molecule has 0 fully saturated rings. The van der Waals surface area contributed by atoms with Gasteiger partial charge in [0.1, 0.15) is 5.75 Å². The number of aromatic nitrogens is 1. The molecule has 0 saturated heterocycles. The molecule has 0 bridgehead atoms. The number of hydrogen-bond donors (Lipinski definition) is 1. The highest BCUT2D eigenvalue weighted by atomic mass is 32.1. The number of amides is 1. The van der Waals surface area contributed by atoms with Gasteiger partial charge in [0.2, 0.25) is 0 Å². The van der Waals surface area contributed by atoms with Crippen molar-refractivity contribution in [1.82, 2.24) is 4.98 Å². The predicted octanol–water partition coefficient (Wildman–Crippen LogP) is 3.61. The maximum Gasteiger partial charge on any atom is 0.270 e. The number of non-ortho nitro benzene ring substituents is 1. The van der Waals surface area contributed by atoms with E-state index in [1.54, 1.807) is 25.1 Å². The number of anilines is 1. The van der Waals surface area contributed by atoms with Gasteiger partial charge in [-0.05, 0) is 25.1 Å². The van der Waals surface area contributed by atoms with Crippen molar-refractivity contribution in [3.63, 3.8) is 0 Å². The van der Waals surface area contributed by atoms with Gasteiger partial charge in [-0.3, -0.25) is 20.2 Å². The number of para-hydroxylation sites is 1. The van der Waals surface area contributed by atoms with Crippen LogP contribution in [-0.4, -0.2) is 21.9 Å². The fourth-order valence-corrected chi connectivity index (χ4v) is 2.95. The fourth-order valence-electron chi connectivity index (χ4n) is 2.04. The van der Waals surface area contributed by atoms with Crippen LogP contribution in [0.1, 0.15) is 6.92 Å². The summed E-state index contributed by atoms with van der Waals surface area (Å²) < 4.78 is 6.18. The van der Waals surface area contributed by atoms with Crippen molar-refractivity contribution in [1.29, 1.82) is 0 Å². The van der Waals surface area contributed by atoms with E-state index in [2.05, 4.69) is 10.3 Å². The summed E-state index contributed by atoms with van der Waals surface area (Å²) in [6.45, 7) is 1.64. The second kappa shape index (κ2) is 6.63. The zero-order valence-electron chi connectivity index (χ0n) is 12.6. The number of carbonyl (C=O) groups is 1. The van der Waals surface area contributed by atoms with Gasteiger partial charge in [-0.1, -0.05) is 29.5 Å². The summed E-state index contributed by atoms with van der Waals surface area (Å²) in [5, 5.41) is 13.8. The number of thiazole rings is 1. The highest BCUT2D eigenvalue weighted by Gasteiger charge is 2.17. The second-order valence-corrected chi connectivity index (χ2v) is 6.02. The number of carbonyl (C=O) groups excluding carboxylic acids is 1. The maximum atomic E-state index is 12.2. The molecule has 0 unspecified atom stereocenters. The molecule has 0 aliphatic carbocycles. The van der Waals surface area contributed by atoms with Crippen LogP contribution in [0.2, 0.25) is 0 Å². The summed E-state index contributed by atoms with van der Waals surface area (Å²) in [6, 6.07) is 13.4. The molecular weight excluding hydrogens is 330 g/mol. The minimum absolute atomic E-state index is 0.00944. The molecule has 24 heavy (non-hydrogen) atoms. The quantitative estimate of drug-likeness (QED) is 0.564. The van der Waals surface area contributed by atoms with Gasteiger partial charge in [-0.2, -0.15) is 0 Å². The Morgan fingerprint density at radius 1 is 1.29 bits per heavy atom. The van der Waals surface area contributed by atoms with Crippen LogP contribution >= 0.6 is 11.3 Å². The summed E-state index contributed by atoms with van der Waals surface area (Å²) in [4.78, 5) is 26.8. The van der Waals surface area contributed by atoms with Crippen LogP contribution in [0.5, 0.6) is 5.75 Å². The Morgan fingerprint density at radius 3 is 2.75 bits per heavy atom. The largest absolute Gasteiger partial charge is 0.481 e. The van der Waals surface area contributed by atoms with Crippen LogP contribution in [0, 0.1) is 10.1 Å². The molecule has 8 heteroatoms. The lowest BCUT2D eigenvalue weighted by atomic mass is 10.3. The summed E-state index contributed by atoms with van der Waals surface area (Å²) in [7, 11) is 0. The van der Waals surface area contributed by atoms with Crippen LogP contribution in [0.25, 0.3) is 10.2 Å². The number of nitrogens with one attached hydrogen (secondary N) is 1. The molecular formula is C16H13N3O4S. The number of nitro groups is 1. The van der Waals surface area contributed by atoms with Gasteiger partial charge in [-0.15, -0.1) is 0 Å². The standard InChI is InChI=1S/C16H13N3O4S/c1-10(23-12-5-3-2-4-6-12)15(20)18-16-17-13-8-7-11(19(21)22)9-14(13)24-16/h2-10H,1H3,(H,17,18,20)/t10-/m0/s1. The van der Waals surface area contributed by atoms with Gasteiger partial charge in [0.25, 0.3) is 11.6 Å². The van der Waals surface area contributed by atoms with E-state index in [4.69, 9.17) is 4.74 Å². The third-order valence-corrected chi connectivity index (χ3v) is 4.17. The smallest absolute Gasteiger partial charge is 0.270 e. The first-order valence-electron chi connectivity index (χ1n) is 7.10. The fraction of sp³-hybridized carbons (Fsp3) is 0.125. The molecule has 7 nitrogen and oxygen atoms in total. The van der Waals surface area contributed by atoms with Crippen molar-refractivity contribution in [2.45, 2.75) is 13.0 Å². The normalized spacial score (nSPS) is 11.9. The van der Waals surface area contributed by atoms with Gasteiger partial charge in [0, 0.05) is 12.1 Å². The number of rotatable bonds is 5. The van der Waals surface area contributed by atoms with E-state index >= 15 is 0 Å². The third kappa shape index (κ3) is 3.49. The van der Waals surface area contributed by atoms with E-state index in [1.165, 1.54) is 23.5 Å². The molecule has 0 aliphatic rings. The highest BCUT2D eigenvalue weighted by molar-refractivity contribution is 7.22. The van der Waals surface area contributed by atoms with E-state index in [1.807, 2.05) is 18.2 Å². The van der Waals surface area contributed by atoms with Crippen molar-refractivity contribution < 1.29 is 14.5 Å². The topological polar surface area (TPSA) is 94.4 Å². The number of benzene rings is 2. The van der Waals surface area contributed by atoms with Crippen LogP contribution < -0.4 is 10.1 Å². The van der Waals surface area contributed by atoms with Crippen LogP contribution in [0.4, 0.5) is 10.8 Å². The average Bonchev–Trinajstić information content (AvgIpc) is 2.96. The van der Waals surface area contributed by atoms with E-state index in [0.29, 0.717) is 21.1 Å². The van der Waals surface area contributed by atoms with Crippen molar-refractivity contribution in [3.05, 3.63) is 58.6 Å². The van der Waals surface area contributed by atoms with Gasteiger partial charge < -0.3 is 4.74 Å². The lowest BCUT2D eigenvalue weighted by Crippen LogP contribution is -2.30. The molecule has 0 radical (unpaired) electrons. The molecule has 1 aromatic heterocycles. The first kappa shape index (κ1) is 15.9. The number of nitrogens with zero attached hydrogens (tertiary/aromatic N) is 2. The minimum Gasteiger partial charge on any atom is -0.481 e. The molecule has 0 aliphatic heterocycles. The summed E-state index contributed by atoms with van der Waals surface area (Å²) in [5.41, 5.74) is 0.585. The zero-order valence-corrected chi connectivity index (χ0v) is 13.4. The van der Waals surface area contributed by atoms with Crippen molar-refractivity contribution in [2.75, 3.05) is 5.32 Å². The van der Waals surface area contributed by atoms with Crippen LogP contribution in [0.15, 0.2) is 48.5 Å². The Kier molecular flexibility index (Phi) is 4.39. The molecule has 0 saturated carbocycles. The second-order valence-electron chi connectivity index (χ2n) is 4.99. The monoisotopic (exact) mass is 343 g/mol. The van der Waals surface area contributed by atoms with Gasteiger partial charge in [-0.25, -0.2) is 4.98 Å². The average molecular weight is 343 g/mol. The maximum absolute atomic E-state index is 12.2. The van der Waals surface area contributed by atoms with Gasteiger partial charge >= 0.3 is 0 Å². The Hall–Kier alpha value is -3.00. The Labute approximate surface area is 141 Å². The molecule has 1 amide bonds. The first-order chi connectivity index (χ1) is 11.5. The SMILES string of the molecule is C[C@H](Oc1ccccc1)C(=O)Nc1nc2ccc([N+](=O)[O-])cc2s1. The number of nitro benzene ring substituents is 1. The van der Waals surface area contributed by atoms with Crippen molar-refractivity contribution in [2.24, 2.45) is 0 Å². The van der Waals surface area contributed by atoms with E-state index in [0.717, 1.165) is 0 Å². The predicted molar refractivity (Wildman–Crippen MR) is 91.4 cm³/mol. The van der Waals surface area contributed by atoms with Gasteiger partial charge in [0.05, 0.1) is 15.1 Å². The van der Waals surface area contributed by atoms with E-state index in [-0.39, 0.29) is 11.6 Å². The molecule has 1 N–H and O–H groups in total. The number of hydrogen-bond acceptors (Lipinski definition) is 6. The van der Waals surface area contributed by atoms with Crippen LogP contribution in [-0.2, 0) is 4.79 Å².